The summed E-state index contributed by atoms with van der Waals surface area (Å²) in [5, 5.41) is 1.12. The Kier molecular flexibility index (Phi) is 2.35. The second-order valence-electron chi connectivity index (χ2n) is 3.96. The summed E-state index contributed by atoms with van der Waals surface area (Å²) >= 11 is 0. The van der Waals surface area contributed by atoms with E-state index in [0.29, 0.717) is 5.69 Å². The lowest BCUT2D eigenvalue weighted by molar-refractivity contribution is 0.101. The first-order valence-corrected chi connectivity index (χ1v) is 5.25. The van der Waals surface area contributed by atoms with Gasteiger partial charge in [0.15, 0.2) is 5.78 Å². The van der Waals surface area contributed by atoms with Gasteiger partial charge in [-0.05, 0) is 42.7 Å². The Bertz CT molecular complexity index is 523. The van der Waals surface area contributed by atoms with Gasteiger partial charge in [-0.1, -0.05) is 6.92 Å². The number of hydrogen-bond acceptors (Lipinski definition) is 1. The van der Waals surface area contributed by atoms with Crippen molar-refractivity contribution in [3.8, 4) is 0 Å². The van der Waals surface area contributed by atoms with Crippen LogP contribution in [0.5, 0.6) is 0 Å². The summed E-state index contributed by atoms with van der Waals surface area (Å²) in [6.45, 7) is 5.83. The standard InChI is InChI=1S/C13H15NO/c1-4-10-6-13-11(5-8(10)2)7-12(14-13)9(3)15/h5-7,14H,4H2,1-3H3. The summed E-state index contributed by atoms with van der Waals surface area (Å²) < 4.78 is 0. The summed E-state index contributed by atoms with van der Waals surface area (Å²) in [6.07, 6.45) is 1.02. The van der Waals surface area contributed by atoms with Gasteiger partial charge in [-0.2, -0.15) is 0 Å². The minimum Gasteiger partial charge on any atom is -0.352 e. The summed E-state index contributed by atoms with van der Waals surface area (Å²) in [7, 11) is 0. The molecule has 0 spiro atoms. The minimum atomic E-state index is 0.0851. The topological polar surface area (TPSA) is 32.9 Å². The van der Waals surface area contributed by atoms with Crippen LogP contribution >= 0.6 is 0 Å². The number of nitrogens with one attached hydrogen (secondary N) is 1. The number of ketones is 1. The van der Waals surface area contributed by atoms with Crippen molar-refractivity contribution in [3.05, 3.63) is 35.0 Å². The van der Waals surface area contributed by atoms with Crippen LogP contribution in [0.4, 0.5) is 0 Å². The van der Waals surface area contributed by atoms with Crippen molar-refractivity contribution in [2.75, 3.05) is 0 Å². The van der Waals surface area contributed by atoms with Crippen LogP contribution in [0, 0.1) is 6.92 Å². The van der Waals surface area contributed by atoms with Crippen molar-refractivity contribution in [3.63, 3.8) is 0 Å². The van der Waals surface area contributed by atoms with E-state index in [2.05, 4.69) is 31.0 Å². The van der Waals surface area contributed by atoms with Gasteiger partial charge in [-0.3, -0.25) is 4.79 Å². The normalized spacial score (nSPS) is 10.9. The van der Waals surface area contributed by atoms with Gasteiger partial charge in [0.2, 0.25) is 0 Å². The third kappa shape index (κ3) is 1.67. The molecule has 0 saturated heterocycles. The first-order valence-electron chi connectivity index (χ1n) is 5.25. The Hall–Kier alpha value is -1.57. The zero-order chi connectivity index (χ0) is 11.0. The Morgan fingerprint density at radius 1 is 1.33 bits per heavy atom. The molecule has 1 heterocycles. The average molecular weight is 201 g/mol. The van der Waals surface area contributed by atoms with Crippen LogP contribution in [0.25, 0.3) is 10.9 Å². The molecule has 0 aliphatic heterocycles. The van der Waals surface area contributed by atoms with E-state index >= 15 is 0 Å². The van der Waals surface area contributed by atoms with Gasteiger partial charge in [-0.25, -0.2) is 0 Å². The number of aromatic amines is 1. The van der Waals surface area contributed by atoms with Gasteiger partial charge in [0, 0.05) is 17.8 Å². The molecule has 0 unspecified atom stereocenters. The predicted octanol–water partition coefficient (Wildman–Crippen LogP) is 3.24. The molecule has 2 rings (SSSR count). The molecule has 2 heteroatoms. The highest BCUT2D eigenvalue weighted by Crippen LogP contribution is 2.21. The first kappa shape index (κ1) is 9.97. The molecule has 1 N–H and O–H groups in total. The van der Waals surface area contributed by atoms with Crippen molar-refractivity contribution < 1.29 is 4.79 Å². The minimum absolute atomic E-state index is 0.0851. The maximum Gasteiger partial charge on any atom is 0.175 e. The number of aromatic nitrogens is 1. The zero-order valence-electron chi connectivity index (χ0n) is 9.35. The lowest BCUT2D eigenvalue weighted by Crippen LogP contribution is -1.90. The molecular weight excluding hydrogens is 186 g/mol. The Labute approximate surface area is 89.3 Å². The number of hydrogen-bond donors (Lipinski definition) is 1. The molecule has 1 aromatic heterocycles. The van der Waals surface area contributed by atoms with Gasteiger partial charge in [0.25, 0.3) is 0 Å². The first-order chi connectivity index (χ1) is 7.11. The lowest BCUT2D eigenvalue weighted by atomic mass is 10.0. The quantitative estimate of drug-likeness (QED) is 0.743. The molecule has 2 nitrogen and oxygen atoms in total. The molecule has 0 aliphatic rings. The fourth-order valence-electron chi connectivity index (χ4n) is 1.91. The third-order valence-corrected chi connectivity index (χ3v) is 2.84. The van der Waals surface area contributed by atoms with E-state index < -0.39 is 0 Å². The van der Waals surface area contributed by atoms with E-state index in [4.69, 9.17) is 0 Å². The summed E-state index contributed by atoms with van der Waals surface area (Å²) in [5.74, 6) is 0.0851. The van der Waals surface area contributed by atoms with Crippen LogP contribution in [0.3, 0.4) is 0 Å². The molecule has 0 saturated carbocycles. The van der Waals surface area contributed by atoms with Crippen molar-refractivity contribution in [2.24, 2.45) is 0 Å². The fraction of sp³-hybridized carbons (Fsp3) is 0.308. The van der Waals surface area contributed by atoms with Gasteiger partial charge in [-0.15, -0.1) is 0 Å². The van der Waals surface area contributed by atoms with Crippen LogP contribution in [-0.4, -0.2) is 10.8 Å². The van der Waals surface area contributed by atoms with Crippen LogP contribution in [0.1, 0.15) is 35.5 Å². The van der Waals surface area contributed by atoms with Gasteiger partial charge < -0.3 is 4.98 Å². The molecule has 0 radical (unpaired) electrons. The maximum atomic E-state index is 11.2. The van der Waals surface area contributed by atoms with Crippen molar-refractivity contribution in [2.45, 2.75) is 27.2 Å². The Morgan fingerprint density at radius 2 is 2.07 bits per heavy atom. The SMILES string of the molecule is CCc1cc2[nH]c(C(C)=O)cc2cc1C. The number of carbonyl (C=O) groups is 1. The van der Waals surface area contributed by atoms with Crippen molar-refractivity contribution in [1.82, 2.24) is 4.98 Å². The lowest BCUT2D eigenvalue weighted by Gasteiger charge is -2.02. The molecule has 0 atom stereocenters. The second kappa shape index (κ2) is 3.54. The number of Topliss-reactive ketones (excluding diaryl/α,β-unsaturated/α-hetero) is 1. The number of aryl methyl sites for hydroxylation is 2. The average Bonchev–Trinajstić information content (AvgIpc) is 2.59. The predicted molar refractivity (Wildman–Crippen MR) is 62.4 cm³/mol. The van der Waals surface area contributed by atoms with E-state index in [1.165, 1.54) is 11.1 Å². The van der Waals surface area contributed by atoms with Gasteiger partial charge >= 0.3 is 0 Å². The molecule has 78 valence electrons. The molecule has 0 aliphatic carbocycles. The molecule has 1 aromatic carbocycles. The summed E-state index contributed by atoms with van der Waals surface area (Å²) in [5.41, 5.74) is 4.37. The number of H-pyrrole nitrogens is 1. The Balaban J connectivity index is 2.66. The highest BCUT2D eigenvalue weighted by atomic mass is 16.1. The molecule has 0 amide bonds. The number of benzene rings is 1. The highest BCUT2D eigenvalue weighted by molar-refractivity contribution is 5.98. The molecular formula is C13H15NO. The van der Waals surface area contributed by atoms with Gasteiger partial charge in [0.1, 0.15) is 0 Å². The molecule has 15 heavy (non-hydrogen) atoms. The van der Waals surface area contributed by atoms with Crippen LogP contribution in [-0.2, 0) is 6.42 Å². The number of carbonyl (C=O) groups excluding carboxylic acids is 1. The van der Waals surface area contributed by atoms with E-state index in [9.17, 15) is 4.79 Å². The molecule has 0 bridgehead atoms. The maximum absolute atomic E-state index is 11.2. The van der Waals surface area contributed by atoms with Crippen molar-refractivity contribution in [1.29, 1.82) is 0 Å². The van der Waals surface area contributed by atoms with Crippen LogP contribution in [0.15, 0.2) is 18.2 Å². The highest BCUT2D eigenvalue weighted by Gasteiger charge is 2.06. The van der Waals surface area contributed by atoms with Crippen LogP contribution in [0.2, 0.25) is 0 Å². The largest absolute Gasteiger partial charge is 0.352 e. The number of fused-ring (bicyclic) bond motifs is 1. The van der Waals surface area contributed by atoms with Crippen molar-refractivity contribution >= 4 is 16.7 Å². The summed E-state index contributed by atoms with van der Waals surface area (Å²) in [6, 6.07) is 6.19. The third-order valence-electron chi connectivity index (χ3n) is 2.84. The molecule has 0 fully saturated rings. The smallest absolute Gasteiger partial charge is 0.175 e. The van der Waals surface area contributed by atoms with Gasteiger partial charge in [0.05, 0.1) is 5.69 Å². The number of rotatable bonds is 2. The monoisotopic (exact) mass is 201 g/mol. The fourth-order valence-corrected chi connectivity index (χ4v) is 1.91. The van der Waals surface area contributed by atoms with Crippen LogP contribution < -0.4 is 0 Å². The molecule has 2 aromatic rings. The Morgan fingerprint density at radius 3 is 2.67 bits per heavy atom. The van der Waals surface area contributed by atoms with E-state index in [1.807, 2.05) is 6.07 Å². The summed E-state index contributed by atoms with van der Waals surface area (Å²) in [4.78, 5) is 14.4. The second-order valence-corrected chi connectivity index (χ2v) is 3.96. The van der Waals surface area contributed by atoms with E-state index in [-0.39, 0.29) is 5.78 Å². The zero-order valence-corrected chi connectivity index (χ0v) is 9.35. The van der Waals surface area contributed by atoms with E-state index in [0.717, 1.165) is 17.3 Å². The van der Waals surface area contributed by atoms with E-state index in [1.54, 1.807) is 6.92 Å².